The van der Waals surface area contributed by atoms with E-state index in [2.05, 4.69) is 38.0 Å². The number of ketones is 1. The molecule has 0 aromatic carbocycles. The number of rotatable bonds is 5. The second-order valence-electron chi connectivity index (χ2n) is 14.6. The highest BCUT2D eigenvalue weighted by atomic mass is 16.6. The molecule has 42 heavy (non-hydrogen) atoms. The van der Waals surface area contributed by atoms with E-state index in [0.29, 0.717) is 12.8 Å². The lowest BCUT2D eigenvalue weighted by molar-refractivity contribution is -0.188. The van der Waals surface area contributed by atoms with Crippen LogP contribution >= 0.6 is 0 Å². The molecular weight excluding hydrogens is 540 g/mol. The van der Waals surface area contributed by atoms with Crippen molar-refractivity contribution >= 4 is 24.1 Å². The van der Waals surface area contributed by atoms with Gasteiger partial charge in [-0.25, -0.2) is 19.7 Å². The minimum Gasteiger partial charge on any atom is -0.446 e. The van der Waals surface area contributed by atoms with Gasteiger partial charge in [-0.2, -0.15) is 0 Å². The summed E-state index contributed by atoms with van der Waals surface area (Å²) in [5.41, 5.74) is -2.25. The van der Waals surface area contributed by atoms with Gasteiger partial charge < -0.3 is 24.3 Å². The average Bonchev–Trinajstić information content (AvgIpc) is 3.27. The predicted octanol–water partition coefficient (Wildman–Crippen LogP) is 5.92. The van der Waals surface area contributed by atoms with Crippen molar-refractivity contribution in [2.45, 2.75) is 123 Å². The van der Waals surface area contributed by atoms with Gasteiger partial charge in [0, 0.05) is 55.1 Å². The van der Waals surface area contributed by atoms with Crippen molar-refractivity contribution in [1.29, 1.82) is 0 Å². The fourth-order valence-electron chi connectivity index (χ4n) is 8.47. The molecular formula is C32H50N2O8. The van der Waals surface area contributed by atoms with Crippen molar-refractivity contribution in [2.24, 2.45) is 34.0 Å². The quantitative estimate of drug-likeness (QED) is 0.298. The van der Waals surface area contributed by atoms with Gasteiger partial charge in [0.2, 0.25) is 0 Å². The zero-order valence-corrected chi connectivity index (χ0v) is 26.5. The van der Waals surface area contributed by atoms with Gasteiger partial charge in [-0.1, -0.05) is 26.8 Å². The smallest absolute Gasteiger partial charge is 0.416 e. The molecule has 0 saturated heterocycles. The van der Waals surface area contributed by atoms with Crippen molar-refractivity contribution in [3.63, 3.8) is 0 Å². The molecule has 8 atom stereocenters. The SMILES string of the molecule is C=C[C@]1(C)C[C@@H](OC(=O)NC(=O)O[C@H]2C[C@H](NC(=O)OC(C)(C)C)C2)[C@]2(C)C(C)CC[C@]3(CC[C@@H](OC)C32)[C@@H](C)C1=O. The molecule has 236 valence electrons. The molecule has 4 aliphatic carbocycles. The van der Waals surface area contributed by atoms with E-state index in [1.165, 1.54) is 0 Å². The number of amides is 3. The molecule has 4 saturated carbocycles. The Bertz CT molecular complexity index is 1100. The van der Waals surface area contributed by atoms with E-state index >= 15 is 0 Å². The summed E-state index contributed by atoms with van der Waals surface area (Å²) in [5, 5.41) is 4.97. The summed E-state index contributed by atoms with van der Waals surface area (Å²) in [5.74, 6) is 0.137. The van der Waals surface area contributed by atoms with Gasteiger partial charge in [-0.3, -0.25) is 4.79 Å². The van der Waals surface area contributed by atoms with Crippen LogP contribution in [0.4, 0.5) is 14.4 Å². The number of methoxy groups -OCH3 is 1. The summed E-state index contributed by atoms with van der Waals surface area (Å²) in [6, 6.07) is -0.177. The third-order valence-corrected chi connectivity index (χ3v) is 11.1. The normalized spacial score (nSPS) is 41.2. The highest BCUT2D eigenvalue weighted by Crippen LogP contribution is 2.68. The van der Waals surface area contributed by atoms with Crippen LogP contribution in [0.1, 0.15) is 93.4 Å². The molecule has 3 amide bonds. The van der Waals surface area contributed by atoms with Gasteiger partial charge in [0.05, 0.1) is 6.10 Å². The van der Waals surface area contributed by atoms with E-state index in [0.717, 1.165) is 25.7 Å². The summed E-state index contributed by atoms with van der Waals surface area (Å²) in [6.07, 6.45) is 2.86. The van der Waals surface area contributed by atoms with Gasteiger partial charge in [-0.05, 0) is 64.7 Å². The molecule has 4 fully saturated rings. The molecule has 2 bridgehead atoms. The number of Topliss-reactive ketones (excluding diaryl/α,β-unsaturated/α-hetero) is 1. The molecule has 10 heteroatoms. The van der Waals surface area contributed by atoms with Crippen LogP contribution in [-0.4, -0.2) is 61.1 Å². The van der Waals surface area contributed by atoms with Crippen molar-refractivity contribution in [2.75, 3.05) is 7.11 Å². The zero-order chi connectivity index (χ0) is 31.3. The third kappa shape index (κ3) is 5.80. The lowest BCUT2D eigenvalue weighted by Gasteiger charge is -2.61. The number of imide groups is 1. The number of hydrogen-bond donors (Lipinski definition) is 2. The Morgan fingerprint density at radius 3 is 2.21 bits per heavy atom. The summed E-state index contributed by atoms with van der Waals surface area (Å²) in [6.45, 7) is 17.6. The van der Waals surface area contributed by atoms with Crippen LogP contribution in [0.15, 0.2) is 12.7 Å². The third-order valence-electron chi connectivity index (χ3n) is 11.1. The van der Waals surface area contributed by atoms with Gasteiger partial charge in [-0.15, -0.1) is 6.58 Å². The fraction of sp³-hybridized carbons (Fsp3) is 0.812. The molecule has 0 spiro atoms. The first-order valence-electron chi connectivity index (χ1n) is 15.4. The Balaban J connectivity index is 1.46. The lowest BCUT2D eigenvalue weighted by Crippen LogP contribution is -2.63. The van der Waals surface area contributed by atoms with Crippen LogP contribution in [0.25, 0.3) is 0 Å². The molecule has 2 unspecified atom stereocenters. The molecule has 0 heterocycles. The fourth-order valence-corrected chi connectivity index (χ4v) is 8.47. The molecule has 4 aliphatic rings. The number of carbonyl (C=O) groups is 4. The largest absolute Gasteiger partial charge is 0.446 e. The van der Waals surface area contributed by atoms with Gasteiger partial charge in [0.15, 0.2) is 0 Å². The number of hydrogen-bond acceptors (Lipinski definition) is 8. The predicted molar refractivity (Wildman–Crippen MR) is 156 cm³/mol. The maximum atomic E-state index is 14.0. The monoisotopic (exact) mass is 590 g/mol. The van der Waals surface area contributed by atoms with E-state index in [9.17, 15) is 19.2 Å². The van der Waals surface area contributed by atoms with Crippen molar-refractivity contribution in [3.8, 4) is 0 Å². The van der Waals surface area contributed by atoms with Crippen LogP contribution < -0.4 is 10.6 Å². The van der Waals surface area contributed by atoms with E-state index in [-0.39, 0.29) is 47.5 Å². The Kier molecular flexibility index (Phi) is 8.82. The van der Waals surface area contributed by atoms with Gasteiger partial charge in [0.1, 0.15) is 23.6 Å². The van der Waals surface area contributed by atoms with E-state index in [1.54, 1.807) is 34.0 Å². The number of ether oxygens (including phenoxy) is 4. The van der Waals surface area contributed by atoms with Gasteiger partial charge in [0.25, 0.3) is 0 Å². The van der Waals surface area contributed by atoms with E-state index in [4.69, 9.17) is 18.9 Å². The second kappa shape index (κ2) is 11.5. The van der Waals surface area contributed by atoms with Crippen LogP contribution in [-0.2, 0) is 23.7 Å². The highest BCUT2D eigenvalue weighted by Gasteiger charge is 2.68. The Labute approximate surface area is 250 Å². The van der Waals surface area contributed by atoms with Crippen LogP contribution in [0.3, 0.4) is 0 Å². The summed E-state index contributed by atoms with van der Waals surface area (Å²) in [4.78, 5) is 51.8. The molecule has 2 N–H and O–H groups in total. The van der Waals surface area contributed by atoms with Crippen molar-refractivity contribution in [1.82, 2.24) is 10.6 Å². The zero-order valence-electron chi connectivity index (χ0n) is 26.5. The lowest BCUT2D eigenvalue weighted by atomic mass is 9.44. The minimum atomic E-state index is -0.908. The number of carbonyl (C=O) groups excluding carboxylic acids is 4. The van der Waals surface area contributed by atoms with Crippen LogP contribution in [0.2, 0.25) is 0 Å². The van der Waals surface area contributed by atoms with Crippen LogP contribution in [0, 0.1) is 34.0 Å². The first-order chi connectivity index (χ1) is 19.5. The molecule has 10 nitrogen and oxygen atoms in total. The summed E-state index contributed by atoms with van der Waals surface area (Å²) >= 11 is 0. The maximum Gasteiger partial charge on any atom is 0.416 e. The molecule has 0 aliphatic heterocycles. The first kappa shape index (κ1) is 32.3. The maximum absolute atomic E-state index is 14.0. The second-order valence-corrected chi connectivity index (χ2v) is 14.6. The Morgan fingerprint density at radius 1 is 1.00 bits per heavy atom. The number of alkyl carbamates (subject to hydrolysis) is 3. The van der Waals surface area contributed by atoms with E-state index in [1.807, 2.05) is 6.92 Å². The van der Waals surface area contributed by atoms with Crippen molar-refractivity contribution in [3.05, 3.63) is 12.7 Å². The number of nitrogens with one attached hydrogen (secondary N) is 2. The minimum absolute atomic E-state index is 0.0150. The Hall–Kier alpha value is -2.62. The molecule has 0 aromatic rings. The molecule has 4 rings (SSSR count). The Morgan fingerprint density at radius 2 is 1.62 bits per heavy atom. The standard InChI is InChI=1S/C32H50N2O8/c1-10-30(7)17-23(31(8)18(2)11-13-32(19(3)25(30)35)14-12-22(39-9)24(31)32)41-27(37)34-26(36)40-21-15-20(16-21)33-28(38)42-29(4,5)6/h10,18-24H,1,11-17H2,2-9H3,(H,33,38)(H,34,36,37)/t18?,19-,20-,21-,22+,23+,24?,30+,31-,32-/m0/s1. The summed E-state index contributed by atoms with van der Waals surface area (Å²) < 4.78 is 22.8. The average molecular weight is 591 g/mol. The highest BCUT2D eigenvalue weighted by molar-refractivity contribution is 5.90. The summed E-state index contributed by atoms with van der Waals surface area (Å²) in [7, 11) is 1.72. The van der Waals surface area contributed by atoms with Gasteiger partial charge >= 0.3 is 18.3 Å². The number of allylic oxidation sites excluding steroid dienone is 1. The van der Waals surface area contributed by atoms with E-state index < -0.39 is 46.9 Å². The molecule has 0 aromatic heterocycles. The molecule has 0 radical (unpaired) electrons. The van der Waals surface area contributed by atoms with Crippen LogP contribution in [0.5, 0.6) is 0 Å². The first-order valence-corrected chi connectivity index (χ1v) is 15.4. The van der Waals surface area contributed by atoms with Crippen molar-refractivity contribution < 1.29 is 38.1 Å². The topological polar surface area (TPSA) is 129 Å².